The second-order valence-corrected chi connectivity index (χ2v) is 5.46. The topological polar surface area (TPSA) is 46.6 Å². The van der Waals surface area contributed by atoms with Crippen molar-refractivity contribution in [3.63, 3.8) is 0 Å². The van der Waals surface area contributed by atoms with Crippen LogP contribution in [0.3, 0.4) is 0 Å². The molecule has 0 radical (unpaired) electrons. The number of esters is 1. The van der Waals surface area contributed by atoms with E-state index in [0.717, 1.165) is 5.56 Å². The number of halogens is 1. The van der Waals surface area contributed by atoms with Gasteiger partial charge in [-0.1, -0.05) is 11.6 Å². The van der Waals surface area contributed by atoms with Crippen molar-refractivity contribution in [2.75, 3.05) is 20.2 Å². The summed E-state index contributed by atoms with van der Waals surface area (Å²) < 4.78 is 4.74. The fourth-order valence-electron chi connectivity index (χ4n) is 2.45. The maximum absolute atomic E-state index is 12.4. The van der Waals surface area contributed by atoms with E-state index in [-0.39, 0.29) is 17.8 Å². The molecule has 1 saturated heterocycles. The third kappa shape index (κ3) is 3.12. The van der Waals surface area contributed by atoms with Gasteiger partial charge < -0.3 is 9.64 Å². The predicted molar refractivity (Wildman–Crippen MR) is 76.8 cm³/mol. The number of hydrogen-bond donors (Lipinski definition) is 0. The van der Waals surface area contributed by atoms with Crippen molar-refractivity contribution < 1.29 is 14.3 Å². The van der Waals surface area contributed by atoms with E-state index >= 15 is 0 Å². The monoisotopic (exact) mass is 295 g/mol. The second kappa shape index (κ2) is 6.27. The van der Waals surface area contributed by atoms with Gasteiger partial charge in [0.05, 0.1) is 13.0 Å². The van der Waals surface area contributed by atoms with E-state index in [4.69, 9.17) is 16.3 Å². The third-order valence-electron chi connectivity index (χ3n) is 3.72. The van der Waals surface area contributed by atoms with Gasteiger partial charge in [-0.25, -0.2) is 0 Å². The first-order chi connectivity index (χ1) is 9.52. The number of nitrogens with zero attached hydrogens (tertiary/aromatic N) is 1. The minimum atomic E-state index is -0.181. The number of benzene rings is 1. The maximum atomic E-state index is 12.4. The molecule has 1 heterocycles. The van der Waals surface area contributed by atoms with E-state index < -0.39 is 0 Å². The van der Waals surface area contributed by atoms with Crippen LogP contribution in [0.1, 0.15) is 28.8 Å². The lowest BCUT2D eigenvalue weighted by Crippen LogP contribution is -2.40. The number of carbonyl (C=O) groups is 2. The summed E-state index contributed by atoms with van der Waals surface area (Å²) in [5.41, 5.74) is 1.53. The van der Waals surface area contributed by atoms with Gasteiger partial charge in [0, 0.05) is 23.7 Å². The molecule has 1 fully saturated rings. The first kappa shape index (κ1) is 14.9. The van der Waals surface area contributed by atoms with Gasteiger partial charge in [-0.05, 0) is 43.5 Å². The van der Waals surface area contributed by atoms with Crippen LogP contribution >= 0.6 is 11.6 Å². The Balaban J connectivity index is 2.01. The average Bonchev–Trinajstić information content (AvgIpc) is 2.48. The SMILES string of the molecule is COC(=O)C1CCN(C(=O)c2ccc(Cl)c(C)c2)CC1. The van der Waals surface area contributed by atoms with Crippen molar-refractivity contribution in [3.8, 4) is 0 Å². The lowest BCUT2D eigenvalue weighted by Gasteiger charge is -2.30. The first-order valence-corrected chi connectivity index (χ1v) is 7.04. The molecule has 20 heavy (non-hydrogen) atoms. The van der Waals surface area contributed by atoms with Crippen LogP contribution in [0, 0.1) is 12.8 Å². The highest BCUT2D eigenvalue weighted by molar-refractivity contribution is 6.31. The zero-order chi connectivity index (χ0) is 14.7. The van der Waals surface area contributed by atoms with Crippen LogP contribution in [-0.4, -0.2) is 37.0 Å². The molecule has 1 aliphatic heterocycles. The molecular weight excluding hydrogens is 278 g/mol. The Labute approximate surface area is 123 Å². The summed E-state index contributed by atoms with van der Waals surface area (Å²) in [6.45, 7) is 3.04. The largest absolute Gasteiger partial charge is 0.469 e. The minimum absolute atomic E-state index is 0.00641. The van der Waals surface area contributed by atoms with Crippen LogP contribution in [0.25, 0.3) is 0 Å². The molecule has 2 rings (SSSR count). The van der Waals surface area contributed by atoms with Crippen LogP contribution in [0.4, 0.5) is 0 Å². The molecule has 1 amide bonds. The Morgan fingerprint density at radius 2 is 1.95 bits per heavy atom. The molecule has 0 unspecified atom stereocenters. The fourth-order valence-corrected chi connectivity index (χ4v) is 2.56. The van der Waals surface area contributed by atoms with Crippen molar-refractivity contribution in [2.24, 2.45) is 5.92 Å². The Hall–Kier alpha value is -1.55. The zero-order valence-electron chi connectivity index (χ0n) is 11.7. The van der Waals surface area contributed by atoms with Gasteiger partial charge >= 0.3 is 5.97 Å². The molecule has 0 aromatic heterocycles. The van der Waals surface area contributed by atoms with Gasteiger partial charge in [-0.3, -0.25) is 9.59 Å². The Kier molecular flexibility index (Phi) is 4.65. The van der Waals surface area contributed by atoms with Gasteiger partial charge in [-0.15, -0.1) is 0 Å². The number of likely N-dealkylation sites (tertiary alicyclic amines) is 1. The summed E-state index contributed by atoms with van der Waals surface area (Å²) in [6, 6.07) is 5.28. The van der Waals surface area contributed by atoms with E-state index in [1.165, 1.54) is 7.11 Å². The number of hydrogen-bond acceptors (Lipinski definition) is 3. The van der Waals surface area contributed by atoms with Crippen LogP contribution in [-0.2, 0) is 9.53 Å². The van der Waals surface area contributed by atoms with Crippen molar-refractivity contribution >= 4 is 23.5 Å². The summed E-state index contributed by atoms with van der Waals surface area (Å²) in [5, 5.41) is 0.658. The van der Waals surface area contributed by atoms with Gasteiger partial charge in [-0.2, -0.15) is 0 Å². The van der Waals surface area contributed by atoms with Crippen LogP contribution in [0.15, 0.2) is 18.2 Å². The molecule has 0 atom stereocenters. The highest BCUT2D eigenvalue weighted by atomic mass is 35.5. The molecule has 0 spiro atoms. The van der Waals surface area contributed by atoms with Gasteiger partial charge in [0.25, 0.3) is 5.91 Å². The summed E-state index contributed by atoms with van der Waals surface area (Å²) in [4.78, 5) is 25.6. The molecule has 4 nitrogen and oxygen atoms in total. The third-order valence-corrected chi connectivity index (χ3v) is 4.15. The summed E-state index contributed by atoms with van der Waals surface area (Å²) in [6.07, 6.45) is 1.32. The number of carbonyl (C=O) groups excluding carboxylic acids is 2. The molecule has 1 aliphatic rings. The predicted octanol–water partition coefficient (Wildman–Crippen LogP) is 2.67. The fraction of sp³-hybridized carbons (Fsp3) is 0.467. The summed E-state index contributed by atoms with van der Waals surface area (Å²) >= 11 is 5.96. The number of amides is 1. The zero-order valence-corrected chi connectivity index (χ0v) is 12.4. The van der Waals surface area contributed by atoms with E-state index in [0.29, 0.717) is 36.5 Å². The highest BCUT2D eigenvalue weighted by Crippen LogP contribution is 2.22. The highest BCUT2D eigenvalue weighted by Gasteiger charge is 2.28. The standard InChI is InChI=1S/C15H18ClNO3/c1-10-9-12(3-4-13(10)16)14(18)17-7-5-11(6-8-17)15(19)20-2/h3-4,9,11H,5-8H2,1-2H3. The molecule has 1 aromatic rings. The Morgan fingerprint density at radius 1 is 1.30 bits per heavy atom. The number of piperidine rings is 1. The smallest absolute Gasteiger partial charge is 0.308 e. The number of rotatable bonds is 2. The molecular formula is C15H18ClNO3. The van der Waals surface area contributed by atoms with Crippen molar-refractivity contribution in [3.05, 3.63) is 34.3 Å². The van der Waals surface area contributed by atoms with E-state index in [9.17, 15) is 9.59 Å². The number of aryl methyl sites for hydroxylation is 1. The van der Waals surface area contributed by atoms with E-state index in [1.807, 2.05) is 6.92 Å². The van der Waals surface area contributed by atoms with Crippen LogP contribution in [0.5, 0.6) is 0 Å². The number of methoxy groups -OCH3 is 1. The van der Waals surface area contributed by atoms with Crippen molar-refractivity contribution in [1.29, 1.82) is 0 Å². The van der Waals surface area contributed by atoms with Crippen LogP contribution < -0.4 is 0 Å². The van der Waals surface area contributed by atoms with Crippen LogP contribution in [0.2, 0.25) is 5.02 Å². The number of ether oxygens (including phenoxy) is 1. The minimum Gasteiger partial charge on any atom is -0.469 e. The second-order valence-electron chi connectivity index (χ2n) is 5.05. The lowest BCUT2D eigenvalue weighted by atomic mass is 9.96. The normalized spacial score (nSPS) is 16.1. The Bertz CT molecular complexity index is 522. The van der Waals surface area contributed by atoms with Gasteiger partial charge in [0.1, 0.15) is 0 Å². The van der Waals surface area contributed by atoms with Gasteiger partial charge in [0.2, 0.25) is 0 Å². The molecule has 5 heteroatoms. The molecule has 1 aromatic carbocycles. The van der Waals surface area contributed by atoms with Crippen molar-refractivity contribution in [2.45, 2.75) is 19.8 Å². The molecule has 108 valence electrons. The molecule has 0 N–H and O–H groups in total. The Morgan fingerprint density at radius 3 is 2.50 bits per heavy atom. The summed E-state index contributed by atoms with van der Waals surface area (Å²) in [7, 11) is 1.40. The molecule has 0 aliphatic carbocycles. The first-order valence-electron chi connectivity index (χ1n) is 6.66. The maximum Gasteiger partial charge on any atom is 0.308 e. The summed E-state index contributed by atoms with van der Waals surface area (Å²) in [5.74, 6) is -0.275. The quantitative estimate of drug-likeness (QED) is 0.788. The molecule has 0 bridgehead atoms. The molecule has 0 saturated carbocycles. The van der Waals surface area contributed by atoms with E-state index in [1.54, 1.807) is 23.1 Å². The average molecular weight is 296 g/mol. The van der Waals surface area contributed by atoms with Gasteiger partial charge in [0.15, 0.2) is 0 Å². The van der Waals surface area contributed by atoms with Crippen molar-refractivity contribution in [1.82, 2.24) is 4.90 Å². The lowest BCUT2D eigenvalue weighted by molar-refractivity contribution is -0.146. The van der Waals surface area contributed by atoms with E-state index in [2.05, 4.69) is 0 Å².